The molecule has 1 heterocycles. The predicted octanol–water partition coefficient (Wildman–Crippen LogP) is 0.946. The second-order valence-electron chi connectivity index (χ2n) is 4.57. The first kappa shape index (κ1) is 14.1. The Kier molecular flexibility index (Phi) is 4.41. The summed E-state index contributed by atoms with van der Waals surface area (Å²) >= 11 is 0. The SMILES string of the molecule is CC(C)c1nc(N[C@H](C)C(=O)O)nc(N(C)C)n1. The average molecular weight is 253 g/mol. The molecule has 0 fully saturated rings. The van der Waals surface area contributed by atoms with Gasteiger partial charge in [-0.3, -0.25) is 4.79 Å². The summed E-state index contributed by atoms with van der Waals surface area (Å²) in [7, 11) is 3.65. The van der Waals surface area contributed by atoms with Gasteiger partial charge in [-0.1, -0.05) is 13.8 Å². The lowest BCUT2D eigenvalue weighted by Crippen LogP contribution is -2.27. The van der Waals surface area contributed by atoms with E-state index in [9.17, 15) is 4.79 Å². The molecule has 0 aliphatic rings. The van der Waals surface area contributed by atoms with E-state index in [0.29, 0.717) is 11.8 Å². The smallest absolute Gasteiger partial charge is 0.325 e. The van der Waals surface area contributed by atoms with E-state index >= 15 is 0 Å². The van der Waals surface area contributed by atoms with Crippen LogP contribution in [-0.4, -0.2) is 46.2 Å². The van der Waals surface area contributed by atoms with E-state index in [4.69, 9.17) is 5.11 Å². The van der Waals surface area contributed by atoms with Gasteiger partial charge in [-0.05, 0) is 6.92 Å². The van der Waals surface area contributed by atoms with Crippen LogP contribution in [0.25, 0.3) is 0 Å². The molecular weight excluding hydrogens is 234 g/mol. The summed E-state index contributed by atoms with van der Waals surface area (Å²) in [6.45, 7) is 5.48. The Morgan fingerprint density at radius 1 is 1.22 bits per heavy atom. The number of nitrogens with zero attached hydrogens (tertiary/aromatic N) is 4. The number of aromatic nitrogens is 3. The van der Waals surface area contributed by atoms with Crippen LogP contribution in [0.5, 0.6) is 0 Å². The number of carboxylic acids is 1. The average Bonchev–Trinajstić information content (AvgIpc) is 2.28. The van der Waals surface area contributed by atoms with E-state index in [1.165, 1.54) is 6.92 Å². The highest BCUT2D eigenvalue weighted by atomic mass is 16.4. The van der Waals surface area contributed by atoms with Crippen molar-refractivity contribution in [2.24, 2.45) is 0 Å². The Bertz CT molecular complexity index is 407. The fourth-order valence-corrected chi connectivity index (χ4v) is 1.16. The van der Waals surface area contributed by atoms with Gasteiger partial charge in [0.05, 0.1) is 0 Å². The van der Waals surface area contributed by atoms with E-state index in [1.54, 1.807) is 4.90 Å². The molecule has 7 nitrogen and oxygen atoms in total. The van der Waals surface area contributed by atoms with Crippen LogP contribution in [0.3, 0.4) is 0 Å². The Hall–Kier alpha value is -1.92. The second-order valence-corrected chi connectivity index (χ2v) is 4.57. The monoisotopic (exact) mass is 253 g/mol. The molecule has 0 aliphatic carbocycles. The number of hydrogen-bond acceptors (Lipinski definition) is 6. The standard InChI is InChI=1S/C11H19N5O2/c1-6(2)8-13-10(12-7(3)9(17)18)15-11(14-8)16(4)5/h6-7H,1-5H3,(H,17,18)(H,12,13,14,15)/t7-/m1/s1. The van der Waals surface area contributed by atoms with Gasteiger partial charge in [0.25, 0.3) is 0 Å². The van der Waals surface area contributed by atoms with Crippen molar-refractivity contribution >= 4 is 17.9 Å². The third kappa shape index (κ3) is 3.54. The minimum Gasteiger partial charge on any atom is -0.480 e. The van der Waals surface area contributed by atoms with Gasteiger partial charge in [0.15, 0.2) is 0 Å². The molecule has 1 atom stereocenters. The molecule has 2 N–H and O–H groups in total. The molecule has 0 saturated heterocycles. The molecule has 0 bridgehead atoms. The molecular formula is C11H19N5O2. The highest BCUT2D eigenvalue weighted by molar-refractivity contribution is 5.75. The predicted molar refractivity (Wildman–Crippen MR) is 69.0 cm³/mol. The van der Waals surface area contributed by atoms with E-state index in [0.717, 1.165) is 0 Å². The summed E-state index contributed by atoms with van der Waals surface area (Å²) < 4.78 is 0. The van der Waals surface area contributed by atoms with E-state index in [-0.39, 0.29) is 11.9 Å². The number of nitrogens with one attached hydrogen (secondary N) is 1. The van der Waals surface area contributed by atoms with Crippen LogP contribution in [0.15, 0.2) is 0 Å². The molecule has 18 heavy (non-hydrogen) atoms. The zero-order valence-electron chi connectivity index (χ0n) is 11.3. The van der Waals surface area contributed by atoms with Crippen molar-refractivity contribution in [3.8, 4) is 0 Å². The Labute approximate surface area is 106 Å². The van der Waals surface area contributed by atoms with Crippen LogP contribution >= 0.6 is 0 Å². The molecule has 1 rings (SSSR count). The maximum Gasteiger partial charge on any atom is 0.325 e. The van der Waals surface area contributed by atoms with Gasteiger partial charge in [-0.15, -0.1) is 0 Å². The summed E-state index contributed by atoms with van der Waals surface area (Å²) in [6.07, 6.45) is 0. The fraction of sp³-hybridized carbons (Fsp3) is 0.636. The van der Waals surface area contributed by atoms with Crippen LogP contribution in [0, 0.1) is 0 Å². The molecule has 0 aromatic carbocycles. The number of hydrogen-bond donors (Lipinski definition) is 2. The minimum atomic E-state index is -0.951. The third-order valence-electron chi connectivity index (χ3n) is 2.27. The number of carbonyl (C=O) groups is 1. The maximum atomic E-state index is 10.8. The summed E-state index contributed by atoms with van der Waals surface area (Å²) in [6, 6.07) is -0.748. The molecule has 0 radical (unpaired) electrons. The van der Waals surface area contributed by atoms with E-state index in [2.05, 4.69) is 20.3 Å². The molecule has 0 spiro atoms. The number of anilines is 2. The normalized spacial score (nSPS) is 12.3. The summed E-state index contributed by atoms with van der Waals surface area (Å²) in [5.41, 5.74) is 0. The molecule has 1 aromatic rings. The lowest BCUT2D eigenvalue weighted by atomic mass is 10.2. The quantitative estimate of drug-likeness (QED) is 0.807. The lowest BCUT2D eigenvalue weighted by Gasteiger charge is -2.16. The molecule has 0 amide bonds. The Morgan fingerprint density at radius 2 is 1.83 bits per heavy atom. The minimum absolute atomic E-state index is 0.146. The summed E-state index contributed by atoms with van der Waals surface area (Å²) in [5, 5.41) is 11.6. The fourth-order valence-electron chi connectivity index (χ4n) is 1.16. The largest absolute Gasteiger partial charge is 0.480 e. The van der Waals surface area contributed by atoms with Crippen molar-refractivity contribution in [1.82, 2.24) is 15.0 Å². The van der Waals surface area contributed by atoms with Gasteiger partial charge in [0.2, 0.25) is 11.9 Å². The summed E-state index contributed by atoms with van der Waals surface area (Å²) in [4.78, 5) is 25.2. The first-order chi connectivity index (χ1) is 8.31. The number of carboxylic acid groups (broad SMARTS) is 1. The van der Waals surface area contributed by atoms with Crippen molar-refractivity contribution in [2.45, 2.75) is 32.7 Å². The van der Waals surface area contributed by atoms with Crippen LogP contribution in [-0.2, 0) is 4.79 Å². The van der Waals surface area contributed by atoms with Crippen LogP contribution in [0.4, 0.5) is 11.9 Å². The molecule has 0 unspecified atom stereocenters. The molecule has 0 saturated carbocycles. The molecule has 0 aliphatic heterocycles. The van der Waals surface area contributed by atoms with Crippen LogP contribution < -0.4 is 10.2 Å². The Balaban J connectivity index is 3.07. The molecule has 100 valence electrons. The first-order valence-corrected chi connectivity index (χ1v) is 5.74. The van der Waals surface area contributed by atoms with E-state index in [1.807, 2.05) is 27.9 Å². The second kappa shape index (κ2) is 5.61. The van der Waals surface area contributed by atoms with Gasteiger partial charge in [0, 0.05) is 20.0 Å². The van der Waals surface area contributed by atoms with Gasteiger partial charge >= 0.3 is 5.97 Å². The van der Waals surface area contributed by atoms with Gasteiger partial charge in [0.1, 0.15) is 11.9 Å². The highest BCUT2D eigenvalue weighted by Gasteiger charge is 2.15. The zero-order valence-corrected chi connectivity index (χ0v) is 11.3. The van der Waals surface area contributed by atoms with Gasteiger partial charge in [-0.2, -0.15) is 15.0 Å². The van der Waals surface area contributed by atoms with Crippen LogP contribution in [0.2, 0.25) is 0 Å². The van der Waals surface area contributed by atoms with Crippen molar-refractivity contribution in [1.29, 1.82) is 0 Å². The molecule has 1 aromatic heterocycles. The number of aliphatic carboxylic acids is 1. The van der Waals surface area contributed by atoms with Crippen LogP contribution in [0.1, 0.15) is 32.5 Å². The first-order valence-electron chi connectivity index (χ1n) is 5.74. The van der Waals surface area contributed by atoms with Crippen molar-refractivity contribution in [3.63, 3.8) is 0 Å². The topological polar surface area (TPSA) is 91.2 Å². The maximum absolute atomic E-state index is 10.8. The number of rotatable bonds is 5. The van der Waals surface area contributed by atoms with Crippen molar-refractivity contribution < 1.29 is 9.90 Å². The van der Waals surface area contributed by atoms with Gasteiger partial charge < -0.3 is 15.3 Å². The van der Waals surface area contributed by atoms with Crippen molar-refractivity contribution in [2.75, 3.05) is 24.3 Å². The molecule has 7 heteroatoms. The third-order valence-corrected chi connectivity index (χ3v) is 2.27. The van der Waals surface area contributed by atoms with Crippen molar-refractivity contribution in [3.05, 3.63) is 5.82 Å². The summed E-state index contributed by atoms with van der Waals surface area (Å²) in [5.74, 6) is 0.621. The zero-order chi connectivity index (χ0) is 13.9. The Morgan fingerprint density at radius 3 is 2.28 bits per heavy atom. The van der Waals surface area contributed by atoms with Gasteiger partial charge in [-0.25, -0.2) is 0 Å². The van der Waals surface area contributed by atoms with E-state index < -0.39 is 12.0 Å². The lowest BCUT2D eigenvalue weighted by molar-refractivity contribution is -0.137. The highest BCUT2D eigenvalue weighted by Crippen LogP contribution is 2.15.